The number of hydrogen-bond acceptors (Lipinski definition) is 4. The van der Waals surface area contributed by atoms with E-state index in [4.69, 9.17) is 21.1 Å². The lowest BCUT2D eigenvalue weighted by molar-refractivity contribution is 0.140. The fourth-order valence-corrected chi connectivity index (χ4v) is 3.09. The number of pyridine rings is 1. The Morgan fingerprint density at radius 2 is 2.17 bits per heavy atom. The van der Waals surface area contributed by atoms with Gasteiger partial charge in [0.05, 0.1) is 13.2 Å². The van der Waals surface area contributed by atoms with Gasteiger partial charge in [-0.3, -0.25) is 4.99 Å². The van der Waals surface area contributed by atoms with E-state index in [1.54, 1.807) is 19.3 Å². The molecule has 8 heteroatoms. The topological polar surface area (TPSA) is 67.8 Å². The summed E-state index contributed by atoms with van der Waals surface area (Å²) in [4.78, 5) is 8.40. The van der Waals surface area contributed by atoms with Crippen LogP contribution in [0.5, 0.6) is 5.75 Å². The van der Waals surface area contributed by atoms with Crippen molar-refractivity contribution in [3.63, 3.8) is 0 Å². The van der Waals surface area contributed by atoms with Gasteiger partial charge in [-0.2, -0.15) is 0 Å². The van der Waals surface area contributed by atoms with Crippen LogP contribution in [0.2, 0.25) is 5.15 Å². The summed E-state index contributed by atoms with van der Waals surface area (Å²) in [7, 11) is 1.77. The van der Waals surface area contributed by atoms with E-state index in [1.165, 1.54) is 5.56 Å². The molecule has 1 aromatic carbocycles. The molecule has 1 fully saturated rings. The van der Waals surface area contributed by atoms with Gasteiger partial charge in [0.15, 0.2) is 5.96 Å². The van der Waals surface area contributed by atoms with E-state index in [2.05, 4.69) is 45.7 Å². The first-order valence-corrected chi connectivity index (χ1v) is 9.90. The molecule has 1 atom stereocenters. The lowest BCUT2D eigenvalue weighted by Gasteiger charge is -2.18. The Kier molecular flexibility index (Phi) is 9.96. The molecule has 1 saturated heterocycles. The minimum absolute atomic E-state index is 0. The summed E-state index contributed by atoms with van der Waals surface area (Å²) in [6, 6.07) is 10.1. The van der Waals surface area contributed by atoms with Crippen LogP contribution >= 0.6 is 35.6 Å². The number of guanidine groups is 1. The number of halogens is 2. The van der Waals surface area contributed by atoms with Crippen LogP contribution in [0, 0.1) is 6.92 Å². The van der Waals surface area contributed by atoms with Gasteiger partial charge in [-0.15, -0.1) is 24.0 Å². The fourth-order valence-electron chi connectivity index (χ4n) is 2.98. The summed E-state index contributed by atoms with van der Waals surface area (Å²) in [5.74, 6) is 1.66. The number of hydrogen-bond donors (Lipinski definition) is 2. The number of aryl methyl sites for hydroxylation is 1. The molecule has 1 aliphatic heterocycles. The molecule has 0 amide bonds. The van der Waals surface area contributed by atoms with Crippen LogP contribution in [-0.2, 0) is 17.7 Å². The van der Waals surface area contributed by atoms with Crippen LogP contribution < -0.4 is 15.4 Å². The summed E-state index contributed by atoms with van der Waals surface area (Å²) in [6.45, 7) is 4.87. The van der Waals surface area contributed by atoms with Crippen LogP contribution in [-0.4, -0.2) is 43.9 Å². The van der Waals surface area contributed by atoms with E-state index >= 15 is 0 Å². The first-order valence-electron chi connectivity index (χ1n) is 9.53. The number of aromatic nitrogens is 1. The third-order valence-electron chi connectivity index (χ3n) is 4.57. The summed E-state index contributed by atoms with van der Waals surface area (Å²) in [5, 5.41) is 7.19. The maximum Gasteiger partial charge on any atom is 0.191 e. The summed E-state index contributed by atoms with van der Waals surface area (Å²) < 4.78 is 11.6. The van der Waals surface area contributed by atoms with Gasteiger partial charge in [-0.05, 0) is 36.6 Å². The molecule has 3 rings (SSSR count). The SMILES string of the molecule is CN=C(NCCc1ccc(Cl)nc1)NCc1ccc(C)cc1OC1CCOC1.I. The fraction of sp³-hybridized carbons (Fsp3) is 0.429. The monoisotopic (exact) mass is 530 g/mol. The molecular formula is C21H28ClIN4O2. The smallest absolute Gasteiger partial charge is 0.191 e. The van der Waals surface area contributed by atoms with Crippen LogP contribution in [0.25, 0.3) is 0 Å². The third kappa shape index (κ3) is 7.64. The van der Waals surface area contributed by atoms with Crippen molar-refractivity contribution in [2.24, 2.45) is 4.99 Å². The second kappa shape index (κ2) is 12.2. The van der Waals surface area contributed by atoms with E-state index in [9.17, 15) is 0 Å². The minimum atomic E-state index is 0. The molecule has 1 aromatic heterocycles. The highest BCUT2D eigenvalue weighted by atomic mass is 127. The zero-order valence-electron chi connectivity index (χ0n) is 16.8. The Balaban J connectivity index is 0.00000300. The second-order valence-corrected chi connectivity index (χ2v) is 7.19. The Morgan fingerprint density at radius 3 is 2.86 bits per heavy atom. The van der Waals surface area contributed by atoms with Crippen molar-refractivity contribution in [3.8, 4) is 5.75 Å². The van der Waals surface area contributed by atoms with Gasteiger partial charge in [0.25, 0.3) is 0 Å². The van der Waals surface area contributed by atoms with E-state index in [1.807, 2.05) is 6.07 Å². The molecule has 6 nitrogen and oxygen atoms in total. The summed E-state index contributed by atoms with van der Waals surface area (Å²) in [6.07, 6.45) is 3.70. The number of nitrogens with one attached hydrogen (secondary N) is 2. The number of ether oxygens (including phenoxy) is 2. The molecule has 2 aromatic rings. The standard InChI is InChI=1S/C21H27ClN4O2.HI/c1-15-3-5-17(19(11-15)28-18-8-10-27-14-18)13-26-21(23-2)24-9-7-16-4-6-20(22)25-12-16;/h3-6,11-12,18H,7-10,13-14H2,1-2H3,(H2,23,24,26);1H. The van der Waals surface area contributed by atoms with Gasteiger partial charge in [-0.1, -0.05) is 29.8 Å². The Bertz CT molecular complexity index is 796. The molecule has 1 unspecified atom stereocenters. The summed E-state index contributed by atoms with van der Waals surface area (Å²) in [5.41, 5.74) is 3.40. The van der Waals surface area contributed by atoms with Crippen molar-refractivity contribution in [3.05, 3.63) is 58.4 Å². The van der Waals surface area contributed by atoms with Gasteiger partial charge >= 0.3 is 0 Å². The molecule has 0 spiro atoms. The quantitative estimate of drug-likeness (QED) is 0.247. The average molecular weight is 531 g/mol. The number of rotatable bonds is 7. The predicted octanol–water partition coefficient (Wildman–Crippen LogP) is 3.74. The second-order valence-electron chi connectivity index (χ2n) is 6.81. The van der Waals surface area contributed by atoms with Crippen molar-refractivity contribution < 1.29 is 9.47 Å². The van der Waals surface area contributed by atoms with Crippen molar-refractivity contribution in [1.82, 2.24) is 15.6 Å². The van der Waals surface area contributed by atoms with E-state index < -0.39 is 0 Å². The van der Waals surface area contributed by atoms with Gasteiger partial charge in [0.2, 0.25) is 0 Å². The molecule has 0 saturated carbocycles. The van der Waals surface area contributed by atoms with Crippen LogP contribution in [0.1, 0.15) is 23.1 Å². The van der Waals surface area contributed by atoms with Crippen LogP contribution in [0.4, 0.5) is 0 Å². The first kappa shape index (κ1) is 23.7. The zero-order chi connectivity index (χ0) is 19.8. The highest BCUT2D eigenvalue weighted by Crippen LogP contribution is 2.23. The van der Waals surface area contributed by atoms with Gasteiger partial charge in [0, 0.05) is 38.3 Å². The van der Waals surface area contributed by atoms with Gasteiger partial charge in [0.1, 0.15) is 17.0 Å². The van der Waals surface area contributed by atoms with Crippen molar-refractivity contribution in [2.45, 2.75) is 32.4 Å². The minimum Gasteiger partial charge on any atom is -0.488 e. The summed E-state index contributed by atoms with van der Waals surface area (Å²) >= 11 is 5.82. The zero-order valence-corrected chi connectivity index (χ0v) is 19.9. The molecular weight excluding hydrogens is 503 g/mol. The molecule has 2 heterocycles. The largest absolute Gasteiger partial charge is 0.488 e. The van der Waals surface area contributed by atoms with Gasteiger partial charge in [-0.25, -0.2) is 4.98 Å². The number of aliphatic imine (C=N–C) groups is 1. The molecule has 1 aliphatic rings. The molecule has 0 aliphatic carbocycles. The Labute approximate surface area is 194 Å². The van der Waals surface area contributed by atoms with Crippen LogP contribution in [0.15, 0.2) is 41.5 Å². The lowest BCUT2D eigenvalue weighted by atomic mass is 10.1. The van der Waals surface area contributed by atoms with E-state index in [0.29, 0.717) is 18.3 Å². The highest BCUT2D eigenvalue weighted by molar-refractivity contribution is 14.0. The maximum absolute atomic E-state index is 6.16. The lowest BCUT2D eigenvalue weighted by Crippen LogP contribution is -2.38. The van der Waals surface area contributed by atoms with E-state index in [-0.39, 0.29) is 30.1 Å². The van der Waals surface area contributed by atoms with Crippen molar-refractivity contribution in [2.75, 3.05) is 26.8 Å². The first-order chi connectivity index (χ1) is 13.6. The molecule has 29 heavy (non-hydrogen) atoms. The normalized spacial score (nSPS) is 16.2. The number of benzene rings is 1. The predicted molar refractivity (Wildman–Crippen MR) is 128 cm³/mol. The highest BCUT2D eigenvalue weighted by Gasteiger charge is 2.18. The molecule has 2 N–H and O–H groups in total. The average Bonchev–Trinajstić information content (AvgIpc) is 3.20. The van der Waals surface area contributed by atoms with Crippen molar-refractivity contribution in [1.29, 1.82) is 0 Å². The van der Waals surface area contributed by atoms with Gasteiger partial charge < -0.3 is 20.1 Å². The maximum atomic E-state index is 6.16. The van der Waals surface area contributed by atoms with E-state index in [0.717, 1.165) is 48.8 Å². The Morgan fingerprint density at radius 1 is 1.31 bits per heavy atom. The number of nitrogens with zero attached hydrogens (tertiary/aromatic N) is 2. The van der Waals surface area contributed by atoms with Crippen molar-refractivity contribution >= 4 is 41.5 Å². The Hall–Kier alpha value is -1.58. The molecule has 0 radical (unpaired) electrons. The third-order valence-corrected chi connectivity index (χ3v) is 4.79. The van der Waals surface area contributed by atoms with Crippen LogP contribution in [0.3, 0.4) is 0 Å². The molecule has 158 valence electrons. The molecule has 0 bridgehead atoms.